The van der Waals surface area contributed by atoms with Crippen molar-refractivity contribution in [1.82, 2.24) is 24.8 Å². The number of hydrogen-bond donors (Lipinski definition) is 1. The fraction of sp³-hybridized carbons (Fsp3) is 0.333. The number of likely N-dealkylation sites (tertiary alicyclic amines) is 1. The number of pyridine rings is 2. The van der Waals surface area contributed by atoms with E-state index >= 15 is 0 Å². The number of H-pyrrole nitrogens is 1. The number of nitrogens with one attached hydrogen (secondary N) is 1. The number of aromatic nitrogens is 4. The van der Waals surface area contributed by atoms with E-state index in [-0.39, 0.29) is 12.0 Å². The molecule has 0 unspecified atom stereocenters. The van der Waals surface area contributed by atoms with Crippen LogP contribution >= 0.6 is 0 Å². The summed E-state index contributed by atoms with van der Waals surface area (Å²) in [6, 6.07) is 5.75. The lowest BCUT2D eigenvalue weighted by atomic mass is 10.1. The van der Waals surface area contributed by atoms with Crippen LogP contribution in [0.25, 0.3) is 22.6 Å². The monoisotopic (exact) mass is 377 g/mol. The Labute approximate surface area is 163 Å². The molecule has 7 nitrogen and oxygen atoms in total. The molecule has 28 heavy (non-hydrogen) atoms. The van der Waals surface area contributed by atoms with Gasteiger partial charge in [0.15, 0.2) is 5.82 Å². The molecule has 1 saturated heterocycles. The molecule has 0 radical (unpaired) electrons. The quantitative estimate of drug-likeness (QED) is 0.756. The van der Waals surface area contributed by atoms with E-state index in [1.54, 1.807) is 25.7 Å². The summed E-state index contributed by atoms with van der Waals surface area (Å²) in [4.78, 5) is 31.1. The summed E-state index contributed by atoms with van der Waals surface area (Å²) in [7, 11) is 1.68. The summed E-state index contributed by atoms with van der Waals surface area (Å²) in [6.45, 7) is 5.28. The van der Waals surface area contributed by atoms with Crippen molar-refractivity contribution in [2.24, 2.45) is 0 Å². The number of rotatable bonds is 4. The molecule has 3 aromatic rings. The fourth-order valence-corrected chi connectivity index (χ4v) is 3.41. The second kappa shape index (κ2) is 7.52. The number of amides is 1. The molecule has 3 aromatic heterocycles. The Kier molecular flexibility index (Phi) is 4.92. The van der Waals surface area contributed by atoms with E-state index in [2.05, 4.69) is 19.9 Å². The maximum atomic E-state index is 12.8. The van der Waals surface area contributed by atoms with Crippen molar-refractivity contribution < 1.29 is 9.53 Å². The molecule has 1 N–H and O–H groups in total. The first-order valence-corrected chi connectivity index (χ1v) is 9.32. The highest BCUT2D eigenvalue weighted by molar-refractivity contribution is 5.95. The summed E-state index contributed by atoms with van der Waals surface area (Å²) >= 11 is 0. The largest absolute Gasteiger partial charge is 0.380 e. The van der Waals surface area contributed by atoms with Crippen LogP contribution in [0.4, 0.5) is 0 Å². The van der Waals surface area contributed by atoms with Gasteiger partial charge in [0.2, 0.25) is 0 Å². The van der Waals surface area contributed by atoms with Crippen molar-refractivity contribution in [3.8, 4) is 22.6 Å². The van der Waals surface area contributed by atoms with E-state index in [1.807, 2.05) is 36.9 Å². The molecule has 1 aliphatic rings. The third-order valence-electron chi connectivity index (χ3n) is 5.21. The number of methoxy groups -OCH3 is 1. The molecule has 0 spiro atoms. The first kappa shape index (κ1) is 18.3. The Morgan fingerprint density at radius 3 is 2.82 bits per heavy atom. The Hall–Kier alpha value is -3.06. The molecule has 144 valence electrons. The van der Waals surface area contributed by atoms with E-state index in [4.69, 9.17) is 4.74 Å². The lowest BCUT2D eigenvalue weighted by molar-refractivity contribution is 0.0724. The van der Waals surface area contributed by atoms with E-state index in [0.29, 0.717) is 18.7 Å². The highest BCUT2D eigenvalue weighted by Crippen LogP contribution is 2.25. The van der Waals surface area contributed by atoms with E-state index in [9.17, 15) is 4.79 Å². The predicted molar refractivity (Wildman–Crippen MR) is 106 cm³/mol. The summed E-state index contributed by atoms with van der Waals surface area (Å²) in [5, 5.41) is 0. The fourth-order valence-electron chi connectivity index (χ4n) is 3.41. The van der Waals surface area contributed by atoms with Gasteiger partial charge < -0.3 is 14.6 Å². The maximum absolute atomic E-state index is 12.8. The molecule has 7 heteroatoms. The van der Waals surface area contributed by atoms with Gasteiger partial charge >= 0.3 is 0 Å². The van der Waals surface area contributed by atoms with Gasteiger partial charge in [0.05, 0.1) is 17.4 Å². The maximum Gasteiger partial charge on any atom is 0.255 e. The minimum atomic E-state index is -0.0135. The second-order valence-corrected chi connectivity index (χ2v) is 7.09. The second-order valence-electron chi connectivity index (χ2n) is 7.09. The molecule has 0 aromatic carbocycles. The summed E-state index contributed by atoms with van der Waals surface area (Å²) < 4.78 is 5.36. The van der Waals surface area contributed by atoms with Gasteiger partial charge in [-0.15, -0.1) is 0 Å². The molecule has 1 amide bonds. The van der Waals surface area contributed by atoms with E-state index in [0.717, 1.165) is 40.5 Å². The van der Waals surface area contributed by atoms with Crippen LogP contribution < -0.4 is 0 Å². The van der Waals surface area contributed by atoms with Crippen LogP contribution in [0.1, 0.15) is 28.2 Å². The van der Waals surface area contributed by atoms with Gasteiger partial charge in [0.25, 0.3) is 5.91 Å². The lowest BCUT2D eigenvalue weighted by Gasteiger charge is -2.16. The molecule has 1 atom stereocenters. The number of nitrogens with zero attached hydrogens (tertiary/aromatic N) is 4. The topological polar surface area (TPSA) is 84.0 Å². The molecule has 0 bridgehead atoms. The number of carbonyl (C=O) groups is 1. The van der Waals surface area contributed by atoms with Gasteiger partial charge in [-0.25, -0.2) is 4.98 Å². The van der Waals surface area contributed by atoms with Crippen LogP contribution in [-0.4, -0.2) is 57.0 Å². The Morgan fingerprint density at radius 2 is 2.11 bits per heavy atom. The number of carbonyl (C=O) groups excluding carboxylic acids is 1. The highest BCUT2D eigenvalue weighted by atomic mass is 16.5. The summed E-state index contributed by atoms with van der Waals surface area (Å²) in [5.41, 5.74) is 5.13. The molecule has 0 saturated carbocycles. The molecule has 1 aliphatic heterocycles. The number of ether oxygens (including phenoxy) is 1. The van der Waals surface area contributed by atoms with E-state index < -0.39 is 0 Å². The highest BCUT2D eigenvalue weighted by Gasteiger charge is 2.27. The first-order valence-electron chi connectivity index (χ1n) is 9.32. The van der Waals surface area contributed by atoms with Gasteiger partial charge in [-0.1, -0.05) is 0 Å². The minimum absolute atomic E-state index is 0.0135. The predicted octanol–water partition coefficient (Wildman–Crippen LogP) is 3.01. The number of hydrogen-bond acceptors (Lipinski definition) is 5. The van der Waals surface area contributed by atoms with Crippen LogP contribution in [0.2, 0.25) is 0 Å². The molecule has 4 rings (SSSR count). The van der Waals surface area contributed by atoms with Gasteiger partial charge in [0, 0.05) is 50.0 Å². The van der Waals surface area contributed by atoms with Crippen LogP contribution in [-0.2, 0) is 4.74 Å². The third-order valence-corrected chi connectivity index (χ3v) is 5.21. The van der Waals surface area contributed by atoms with Crippen LogP contribution in [0.5, 0.6) is 0 Å². The number of aryl methyl sites for hydroxylation is 2. The van der Waals surface area contributed by atoms with Gasteiger partial charge in [-0.05, 0) is 44.0 Å². The van der Waals surface area contributed by atoms with Gasteiger partial charge in [-0.3, -0.25) is 14.8 Å². The van der Waals surface area contributed by atoms with Crippen LogP contribution in [0.3, 0.4) is 0 Å². The molecule has 0 aliphatic carbocycles. The van der Waals surface area contributed by atoms with Crippen molar-refractivity contribution in [2.75, 3.05) is 20.2 Å². The normalized spacial score (nSPS) is 16.5. The zero-order chi connectivity index (χ0) is 19.7. The van der Waals surface area contributed by atoms with Gasteiger partial charge in [0.1, 0.15) is 5.69 Å². The number of imidazole rings is 1. The Bertz CT molecular complexity index is 994. The molecular formula is C21H23N5O2. The van der Waals surface area contributed by atoms with Crippen molar-refractivity contribution >= 4 is 5.91 Å². The number of aromatic amines is 1. The SMILES string of the molecule is CO[C@@H]1CCN(C(=O)c2cncc(-c3ccnc(-c4nc(C)c(C)[nH]4)c3)c2)C1. The van der Waals surface area contributed by atoms with Crippen LogP contribution in [0, 0.1) is 13.8 Å². The average molecular weight is 377 g/mol. The standard InChI is InChI=1S/C21H23N5O2/c1-13-14(2)25-20(24-13)19-9-15(4-6-23-19)16-8-17(11-22-10-16)21(27)26-7-5-18(12-26)28-3/h4,6,8-11,18H,5,7,12H2,1-3H3,(H,24,25)/t18-/m1/s1. The zero-order valence-electron chi connectivity index (χ0n) is 16.3. The van der Waals surface area contributed by atoms with Crippen LogP contribution in [0.15, 0.2) is 36.8 Å². The Morgan fingerprint density at radius 1 is 1.25 bits per heavy atom. The Balaban J connectivity index is 1.61. The molecular weight excluding hydrogens is 354 g/mol. The molecule has 4 heterocycles. The minimum Gasteiger partial charge on any atom is -0.380 e. The average Bonchev–Trinajstić information content (AvgIpc) is 3.34. The smallest absolute Gasteiger partial charge is 0.255 e. The first-order chi connectivity index (χ1) is 13.5. The van der Waals surface area contributed by atoms with Crippen molar-refractivity contribution in [3.63, 3.8) is 0 Å². The lowest BCUT2D eigenvalue weighted by Crippen LogP contribution is -2.30. The summed E-state index contributed by atoms with van der Waals surface area (Å²) in [5.74, 6) is 0.722. The third kappa shape index (κ3) is 3.53. The summed E-state index contributed by atoms with van der Waals surface area (Å²) in [6.07, 6.45) is 6.10. The zero-order valence-corrected chi connectivity index (χ0v) is 16.3. The van der Waals surface area contributed by atoms with Crippen molar-refractivity contribution in [1.29, 1.82) is 0 Å². The molecule has 1 fully saturated rings. The van der Waals surface area contributed by atoms with E-state index in [1.165, 1.54) is 0 Å². The van der Waals surface area contributed by atoms with Gasteiger partial charge in [-0.2, -0.15) is 0 Å². The van der Waals surface area contributed by atoms with Crippen molar-refractivity contribution in [2.45, 2.75) is 26.4 Å². The van der Waals surface area contributed by atoms with Crippen molar-refractivity contribution in [3.05, 3.63) is 53.7 Å².